The van der Waals surface area contributed by atoms with E-state index in [9.17, 15) is 14.9 Å². The van der Waals surface area contributed by atoms with E-state index < -0.39 is 4.92 Å². The van der Waals surface area contributed by atoms with E-state index in [4.69, 9.17) is 0 Å². The van der Waals surface area contributed by atoms with Gasteiger partial charge in [0.25, 0.3) is 11.6 Å². The summed E-state index contributed by atoms with van der Waals surface area (Å²) < 4.78 is 0. The van der Waals surface area contributed by atoms with Crippen LogP contribution in [0.2, 0.25) is 0 Å². The van der Waals surface area contributed by atoms with Gasteiger partial charge in [-0.15, -0.1) is 0 Å². The van der Waals surface area contributed by atoms with Crippen LogP contribution in [0.3, 0.4) is 0 Å². The fourth-order valence-electron chi connectivity index (χ4n) is 2.27. The first-order valence-corrected chi connectivity index (χ1v) is 7.42. The monoisotopic (exact) mass is 291 g/mol. The van der Waals surface area contributed by atoms with Gasteiger partial charge in [-0.3, -0.25) is 14.9 Å². The lowest BCUT2D eigenvalue weighted by atomic mass is 10.1. The number of anilines is 1. The van der Waals surface area contributed by atoms with Crippen molar-refractivity contribution in [3.63, 3.8) is 0 Å². The van der Waals surface area contributed by atoms with Crippen LogP contribution in [0.15, 0.2) is 18.2 Å². The second kappa shape index (κ2) is 7.06. The van der Waals surface area contributed by atoms with Crippen LogP contribution < -0.4 is 10.6 Å². The van der Waals surface area contributed by atoms with Crippen molar-refractivity contribution in [1.82, 2.24) is 5.32 Å². The van der Waals surface area contributed by atoms with Crippen LogP contribution in [0.4, 0.5) is 11.4 Å². The Morgan fingerprint density at radius 1 is 1.43 bits per heavy atom. The predicted octanol–water partition coefficient (Wildman–Crippen LogP) is 2.95. The van der Waals surface area contributed by atoms with Crippen LogP contribution in [0.25, 0.3) is 0 Å². The zero-order chi connectivity index (χ0) is 15.2. The van der Waals surface area contributed by atoms with E-state index in [-0.39, 0.29) is 11.6 Å². The Bertz CT molecular complexity index is 527. The van der Waals surface area contributed by atoms with Crippen LogP contribution in [0.5, 0.6) is 0 Å². The molecule has 0 atom stereocenters. The van der Waals surface area contributed by atoms with Gasteiger partial charge in [-0.05, 0) is 37.8 Å². The highest BCUT2D eigenvalue weighted by Gasteiger charge is 2.20. The van der Waals surface area contributed by atoms with Crippen molar-refractivity contribution >= 4 is 17.3 Å². The molecule has 0 saturated heterocycles. The van der Waals surface area contributed by atoms with Crippen molar-refractivity contribution in [2.24, 2.45) is 5.92 Å². The summed E-state index contributed by atoms with van der Waals surface area (Å²) in [4.78, 5) is 22.6. The van der Waals surface area contributed by atoms with Gasteiger partial charge in [0.1, 0.15) is 5.69 Å². The van der Waals surface area contributed by atoms with Crippen molar-refractivity contribution in [3.8, 4) is 0 Å². The third-order valence-electron chi connectivity index (χ3n) is 3.60. The van der Waals surface area contributed by atoms with Crippen molar-refractivity contribution < 1.29 is 9.72 Å². The number of nitro groups is 1. The van der Waals surface area contributed by atoms with Crippen LogP contribution in [0.1, 0.15) is 43.0 Å². The lowest BCUT2D eigenvalue weighted by molar-refractivity contribution is -0.384. The standard InChI is InChI=1S/C15H21N3O3/c1-2-16-13-8-7-12(10-14(13)18(20)21)15(19)17-9-3-4-11-5-6-11/h7-8,10-11,16H,2-6,9H2,1H3,(H,17,19). The number of carbonyl (C=O) groups excluding carboxylic acids is 1. The third kappa shape index (κ3) is 4.44. The summed E-state index contributed by atoms with van der Waals surface area (Å²) in [6.07, 6.45) is 4.74. The predicted molar refractivity (Wildman–Crippen MR) is 81.6 cm³/mol. The zero-order valence-corrected chi connectivity index (χ0v) is 12.2. The fourth-order valence-corrected chi connectivity index (χ4v) is 2.27. The number of carbonyl (C=O) groups is 1. The Kier molecular flexibility index (Phi) is 5.14. The lowest BCUT2D eigenvalue weighted by Crippen LogP contribution is -2.24. The summed E-state index contributed by atoms with van der Waals surface area (Å²) in [5, 5.41) is 16.8. The molecule has 1 aliphatic rings. The number of benzene rings is 1. The molecule has 1 aromatic rings. The van der Waals surface area contributed by atoms with Crippen LogP contribution >= 0.6 is 0 Å². The molecule has 0 aliphatic heterocycles. The number of nitrogens with one attached hydrogen (secondary N) is 2. The van der Waals surface area contributed by atoms with Gasteiger partial charge < -0.3 is 10.6 Å². The van der Waals surface area contributed by atoms with Crippen molar-refractivity contribution in [3.05, 3.63) is 33.9 Å². The van der Waals surface area contributed by atoms with E-state index in [1.165, 1.54) is 18.9 Å². The van der Waals surface area contributed by atoms with Crippen molar-refractivity contribution in [2.75, 3.05) is 18.4 Å². The highest BCUT2D eigenvalue weighted by molar-refractivity contribution is 5.95. The number of nitro benzene ring substituents is 1. The molecular formula is C15H21N3O3. The summed E-state index contributed by atoms with van der Waals surface area (Å²) in [6.45, 7) is 3.08. The number of nitrogens with zero attached hydrogens (tertiary/aromatic N) is 1. The molecule has 0 spiro atoms. The molecule has 0 bridgehead atoms. The molecule has 0 aromatic heterocycles. The topological polar surface area (TPSA) is 84.3 Å². The van der Waals surface area contributed by atoms with Crippen LogP contribution in [0, 0.1) is 16.0 Å². The first kappa shape index (κ1) is 15.3. The molecule has 114 valence electrons. The van der Waals surface area contributed by atoms with Gasteiger partial charge in [-0.2, -0.15) is 0 Å². The molecule has 1 fully saturated rings. The van der Waals surface area contributed by atoms with E-state index in [0.29, 0.717) is 24.3 Å². The molecule has 6 nitrogen and oxygen atoms in total. The zero-order valence-electron chi connectivity index (χ0n) is 12.2. The van der Waals surface area contributed by atoms with Gasteiger partial charge in [-0.25, -0.2) is 0 Å². The second-order valence-electron chi connectivity index (χ2n) is 5.36. The quantitative estimate of drug-likeness (QED) is 0.438. The Morgan fingerprint density at radius 2 is 2.19 bits per heavy atom. The van der Waals surface area contributed by atoms with Crippen LogP contribution in [-0.2, 0) is 0 Å². The molecule has 1 saturated carbocycles. The van der Waals surface area contributed by atoms with Crippen LogP contribution in [-0.4, -0.2) is 23.9 Å². The molecule has 6 heteroatoms. The SMILES string of the molecule is CCNc1ccc(C(=O)NCCCC2CC2)cc1[N+](=O)[O-]. The molecular weight excluding hydrogens is 270 g/mol. The molecule has 1 aromatic carbocycles. The maximum atomic E-state index is 12.0. The van der Waals surface area contributed by atoms with Crippen molar-refractivity contribution in [1.29, 1.82) is 0 Å². The maximum Gasteiger partial charge on any atom is 0.293 e. The molecule has 0 unspecified atom stereocenters. The molecule has 2 N–H and O–H groups in total. The van der Waals surface area contributed by atoms with Gasteiger partial charge in [-0.1, -0.05) is 12.8 Å². The Balaban J connectivity index is 1.95. The molecule has 2 rings (SSSR count). The van der Waals surface area contributed by atoms with Gasteiger partial charge in [0.15, 0.2) is 0 Å². The average molecular weight is 291 g/mol. The van der Waals surface area contributed by atoms with Crippen molar-refractivity contribution in [2.45, 2.75) is 32.6 Å². The summed E-state index contributed by atoms with van der Waals surface area (Å²) in [5.74, 6) is 0.597. The molecule has 0 heterocycles. The largest absolute Gasteiger partial charge is 0.380 e. The summed E-state index contributed by atoms with van der Waals surface area (Å²) in [5.41, 5.74) is 0.699. The Morgan fingerprint density at radius 3 is 2.81 bits per heavy atom. The van der Waals surface area contributed by atoms with Gasteiger partial charge in [0.05, 0.1) is 4.92 Å². The minimum absolute atomic E-state index is 0.0671. The number of hydrogen-bond donors (Lipinski definition) is 2. The average Bonchev–Trinajstić information content (AvgIpc) is 3.28. The third-order valence-corrected chi connectivity index (χ3v) is 3.60. The first-order chi connectivity index (χ1) is 10.1. The normalized spacial score (nSPS) is 13.8. The summed E-state index contributed by atoms with van der Waals surface area (Å²) >= 11 is 0. The maximum absolute atomic E-state index is 12.0. The molecule has 21 heavy (non-hydrogen) atoms. The van der Waals surface area contributed by atoms with E-state index in [0.717, 1.165) is 18.8 Å². The number of hydrogen-bond acceptors (Lipinski definition) is 4. The smallest absolute Gasteiger partial charge is 0.293 e. The number of rotatable bonds is 8. The van der Waals surface area contributed by atoms with Gasteiger partial charge in [0, 0.05) is 24.7 Å². The summed E-state index contributed by atoms with van der Waals surface area (Å²) in [7, 11) is 0. The molecule has 1 amide bonds. The Labute approximate surface area is 124 Å². The lowest BCUT2D eigenvalue weighted by Gasteiger charge is -2.08. The van der Waals surface area contributed by atoms with E-state index in [1.807, 2.05) is 6.92 Å². The van der Waals surface area contributed by atoms with Gasteiger partial charge >= 0.3 is 0 Å². The molecule has 1 aliphatic carbocycles. The first-order valence-electron chi connectivity index (χ1n) is 7.42. The highest BCUT2D eigenvalue weighted by Crippen LogP contribution is 2.33. The minimum atomic E-state index is -0.470. The molecule has 0 radical (unpaired) electrons. The van der Waals surface area contributed by atoms with Gasteiger partial charge in [0.2, 0.25) is 0 Å². The number of amides is 1. The summed E-state index contributed by atoms with van der Waals surface area (Å²) in [6, 6.07) is 4.52. The Hall–Kier alpha value is -2.11. The minimum Gasteiger partial charge on any atom is -0.380 e. The van der Waals surface area contributed by atoms with E-state index in [1.54, 1.807) is 12.1 Å². The van der Waals surface area contributed by atoms with E-state index in [2.05, 4.69) is 10.6 Å². The second-order valence-corrected chi connectivity index (χ2v) is 5.36. The van der Waals surface area contributed by atoms with E-state index >= 15 is 0 Å². The highest BCUT2D eigenvalue weighted by atomic mass is 16.6. The fraction of sp³-hybridized carbons (Fsp3) is 0.533.